The molecule has 0 spiro atoms. The molecule has 96 valence electrons. The summed E-state index contributed by atoms with van der Waals surface area (Å²) in [5.41, 5.74) is 0. The minimum Gasteiger partial charge on any atom is -0.396 e. The van der Waals surface area contributed by atoms with Crippen LogP contribution >= 0.6 is 0 Å². The molecule has 0 saturated heterocycles. The molecular weight excluding hydrogens is 200 g/mol. The molecule has 3 atom stereocenters. The number of ether oxygens (including phenoxy) is 1. The van der Waals surface area contributed by atoms with Crippen LogP contribution in [0.3, 0.4) is 0 Å². The van der Waals surface area contributed by atoms with Crippen LogP contribution in [0.4, 0.5) is 0 Å². The van der Waals surface area contributed by atoms with Gasteiger partial charge >= 0.3 is 0 Å². The molecular formula is C14H28O2. The number of aliphatic hydroxyl groups excluding tert-OH is 1. The maximum atomic E-state index is 8.91. The summed E-state index contributed by atoms with van der Waals surface area (Å²) in [5, 5.41) is 8.91. The summed E-state index contributed by atoms with van der Waals surface area (Å²) in [5.74, 6) is 2.26. The molecule has 1 saturated carbocycles. The van der Waals surface area contributed by atoms with E-state index in [1.807, 2.05) is 0 Å². The maximum Gasteiger partial charge on any atom is 0.0497 e. The molecule has 1 N–H and O–H groups in total. The fraction of sp³-hybridized carbons (Fsp3) is 1.00. The molecule has 0 heterocycles. The fourth-order valence-corrected chi connectivity index (χ4v) is 2.17. The van der Waals surface area contributed by atoms with E-state index in [0.717, 1.165) is 25.0 Å². The summed E-state index contributed by atoms with van der Waals surface area (Å²) in [6.45, 7) is 6.60. The number of hydrogen-bond acceptors (Lipinski definition) is 2. The molecule has 0 radical (unpaired) electrons. The Morgan fingerprint density at radius 1 is 1.31 bits per heavy atom. The lowest BCUT2D eigenvalue weighted by Crippen LogP contribution is -2.02. The van der Waals surface area contributed by atoms with Gasteiger partial charge in [-0.05, 0) is 37.0 Å². The summed E-state index contributed by atoms with van der Waals surface area (Å²) in [6, 6.07) is 0. The van der Waals surface area contributed by atoms with Crippen LogP contribution in [0.25, 0.3) is 0 Å². The van der Waals surface area contributed by atoms with Crippen molar-refractivity contribution in [1.29, 1.82) is 0 Å². The molecule has 0 bridgehead atoms. The number of aliphatic hydroxyl groups is 1. The average Bonchev–Trinajstić information content (AvgIpc) is 3.03. The lowest BCUT2D eigenvalue weighted by Gasteiger charge is -2.06. The molecule has 0 aromatic rings. The van der Waals surface area contributed by atoms with E-state index in [9.17, 15) is 0 Å². The van der Waals surface area contributed by atoms with Gasteiger partial charge in [-0.15, -0.1) is 0 Å². The predicted octanol–water partition coefficient (Wildman–Crippen LogP) is 3.24. The van der Waals surface area contributed by atoms with Crippen molar-refractivity contribution < 1.29 is 9.84 Å². The Morgan fingerprint density at radius 2 is 2.12 bits per heavy atom. The molecule has 1 rings (SSSR count). The highest BCUT2D eigenvalue weighted by molar-refractivity contribution is 4.85. The summed E-state index contributed by atoms with van der Waals surface area (Å²) in [6.07, 6.45) is 7.60. The quantitative estimate of drug-likeness (QED) is 0.582. The van der Waals surface area contributed by atoms with Crippen molar-refractivity contribution in [3.8, 4) is 0 Å². The first-order chi connectivity index (χ1) is 7.77. The van der Waals surface area contributed by atoms with Gasteiger partial charge in [0.1, 0.15) is 0 Å². The second kappa shape index (κ2) is 8.08. The molecule has 0 aromatic carbocycles. The molecule has 0 aliphatic heterocycles. The van der Waals surface area contributed by atoms with Crippen LogP contribution in [0.5, 0.6) is 0 Å². The molecule has 2 nitrogen and oxygen atoms in total. The molecule has 1 fully saturated rings. The van der Waals surface area contributed by atoms with Crippen LogP contribution in [0.1, 0.15) is 52.4 Å². The minimum atomic E-state index is 0.341. The van der Waals surface area contributed by atoms with E-state index in [-0.39, 0.29) is 0 Å². The van der Waals surface area contributed by atoms with Gasteiger partial charge in [0.2, 0.25) is 0 Å². The third kappa shape index (κ3) is 5.86. The molecule has 1 unspecified atom stereocenters. The first-order valence-corrected chi connectivity index (χ1v) is 6.96. The SMILES string of the molecule is CCCCOCC1C[C@H]1CCC[C@H](C)CO. The van der Waals surface area contributed by atoms with E-state index >= 15 is 0 Å². The third-order valence-electron chi connectivity index (χ3n) is 3.63. The molecule has 16 heavy (non-hydrogen) atoms. The molecule has 0 aromatic heterocycles. The fourth-order valence-electron chi connectivity index (χ4n) is 2.17. The average molecular weight is 228 g/mol. The van der Waals surface area contributed by atoms with Gasteiger partial charge < -0.3 is 9.84 Å². The van der Waals surface area contributed by atoms with E-state index < -0.39 is 0 Å². The zero-order valence-electron chi connectivity index (χ0n) is 11.0. The van der Waals surface area contributed by atoms with Gasteiger partial charge in [0.15, 0.2) is 0 Å². The number of hydrogen-bond donors (Lipinski definition) is 1. The number of unbranched alkanes of at least 4 members (excludes halogenated alkanes) is 1. The van der Waals surface area contributed by atoms with Crippen molar-refractivity contribution in [3.05, 3.63) is 0 Å². The van der Waals surface area contributed by atoms with Crippen LogP contribution < -0.4 is 0 Å². The second-order valence-corrected chi connectivity index (χ2v) is 5.40. The molecule has 1 aliphatic rings. The summed E-state index contributed by atoms with van der Waals surface area (Å²) in [7, 11) is 0. The Balaban J connectivity index is 1.86. The van der Waals surface area contributed by atoms with Crippen molar-refractivity contribution in [2.45, 2.75) is 52.4 Å². The Kier molecular flexibility index (Phi) is 7.06. The summed E-state index contributed by atoms with van der Waals surface area (Å²) < 4.78 is 5.64. The second-order valence-electron chi connectivity index (χ2n) is 5.40. The van der Waals surface area contributed by atoms with Crippen molar-refractivity contribution in [1.82, 2.24) is 0 Å². The van der Waals surface area contributed by atoms with Crippen LogP contribution in [-0.2, 0) is 4.74 Å². The van der Waals surface area contributed by atoms with Crippen molar-refractivity contribution in [2.75, 3.05) is 19.8 Å². The van der Waals surface area contributed by atoms with Crippen molar-refractivity contribution >= 4 is 0 Å². The largest absolute Gasteiger partial charge is 0.396 e. The molecule has 2 heteroatoms. The Hall–Kier alpha value is -0.0800. The predicted molar refractivity (Wildman–Crippen MR) is 67.4 cm³/mol. The third-order valence-corrected chi connectivity index (χ3v) is 3.63. The van der Waals surface area contributed by atoms with E-state index in [4.69, 9.17) is 9.84 Å². The van der Waals surface area contributed by atoms with Crippen molar-refractivity contribution in [2.24, 2.45) is 17.8 Å². The van der Waals surface area contributed by atoms with Gasteiger partial charge in [0, 0.05) is 19.8 Å². The maximum absolute atomic E-state index is 8.91. The zero-order chi connectivity index (χ0) is 11.8. The Labute approximate surface area is 100 Å². The van der Waals surface area contributed by atoms with Gasteiger partial charge in [-0.2, -0.15) is 0 Å². The summed E-state index contributed by atoms with van der Waals surface area (Å²) >= 11 is 0. The number of rotatable bonds is 10. The molecule has 1 aliphatic carbocycles. The highest BCUT2D eigenvalue weighted by Gasteiger charge is 2.36. The van der Waals surface area contributed by atoms with Gasteiger partial charge in [0.25, 0.3) is 0 Å². The minimum absolute atomic E-state index is 0.341. The van der Waals surface area contributed by atoms with Gasteiger partial charge in [-0.25, -0.2) is 0 Å². The van der Waals surface area contributed by atoms with Gasteiger partial charge in [-0.1, -0.05) is 33.1 Å². The topological polar surface area (TPSA) is 29.5 Å². The Morgan fingerprint density at radius 3 is 2.81 bits per heavy atom. The van der Waals surface area contributed by atoms with Crippen LogP contribution in [0, 0.1) is 17.8 Å². The standard InChI is InChI=1S/C14H28O2/c1-3-4-8-16-11-14-9-13(14)7-5-6-12(2)10-15/h12-15H,3-11H2,1-2H3/t12-,13+,14?/m0/s1. The van der Waals surface area contributed by atoms with Gasteiger partial charge in [0.05, 0.1) is 0 Å². The van der Waals surface area contributed by atoms with E-state index in [0.29, 0.717) is 12.5 Å². The normalized spacial score (nSPS) is 25.7. The lowest BCUT2D eigenvalue weighted by molar-refractivity contribution is 0.117. The van der Waals surface area contributed by atoms with Gasteiger partial charge in [-0.3, -0.25) is 0 Å². The first-order valence-electron chi connectivity index (χ1n) is 6.96. The van der Waals surface area contributed by atoms with E-state index in [2.05, 4.69) is 13.8 Å². The molecule has 0 amide bonds. The van der Waals surface area contributed by atoms with Crippen LogP contribution in [0.2, 0.25) is 0 Å². The summed E-state index contributed by atoms with van der Waals surface area (Å²) in [4.78, 5) is 0. The van der Waals surface area contributed by atoms with Crippen molar-refractivity contribution in [3.63, 3.8) is 0 Å². The van der Waals surface area contributed by atoms with E-state index in [1.165, 1.54) is 38.5 Å². The van der Waals surface area contributed by atoms with Crippen LogP contribution in [0.15, 0.2) is 0 Å². The van der Waals surface area contributed by atoms with E-state index in [1.54, 1.807) is 0 Å². The first kappa shape index (κ1) is 14.0. The highest BCUT2D eigenvalue weighted by atomic mass is 16.5. The zero-order valence-corrected chi connectivity index (χ0v) is 11.0. The highest BCUT2D eigenvalue weighted by Crippen LogP contribution is 2.42. The smallest absolute Gasteiger partial charge is 0.0497 e. The van der Waals surface area contributed by atoms with Crippen LogP contribution in [-0.4, -0.2) is 24.9 Å². The monoisotopic (exact) mass is 228 g/mol. The lowest BCUT2D eigenvalue weighted by atomic mass is 10.0. The Bertz CT molecular complexity index is 170.